The summed E-state index contributed by atoms with van der Waals surface area (Å²) in [5.41, 5.74) is -2.97. The number of carbonyl (C=O) groups excluding carboxylic acids is 1. The van der Waals surface area contributed by atoms with E-state index in [-0.39, 0.29) is 32.7 Å². The molecule has 4 nitrogen and oxygen atoms in total. The van der Waals surface area contributed by atoms with Gasteiger partial charge in [0.25, 0.3) is 0 Å². The fourth-order valence-electron chi connectivity index (χ4n) is 1.80. The predicted molar refractivity (Wildman–Crippen MR) is 59.9 cm³/mol. The third kappa shape index (κ3) is 2.95. The van der Waals surface area contributed by atoms with Crippen molar-refractivity contribution in [1.29, 1.82) is 0 Å². The third-order valence-electron chi connectivity index (χ3n) is 3.29. The van der Waals surface area contributed by atoms with Gasteiger partial charge in [0.05, 0.1) is 0 Å². The zero-order valence-electron chi connectivity index (χ0n) is 10.5. The number of alkyl halides is 3. The number of hydrogen-bond acceptors (Lipinski definition) is 3. The van der Waals surface area contributed by atoms with Crippen LogP contribution in [0.2, 0.25) is 0 Å². The molecule has 1 unspecified atom stereocenters. The number of nitrogens with one attached hydrogen (secondary N) is 2. The highest BCUT2D eigenvalue weighted by Gasteiger charge is 2.61. The summed E-state index contributed by atoms with van der Waals surface area (Å²) in [4.78, 5) is 11.8. The van der Waals surface area contributed by atoms with Gasteiger partial charge in [0.2, 0.25) is 5.91 Å². The number of aliphatic hydroxyl groups excluding tert-OH is 1. The second-order valence-corrected chi connectivity index (χ2v) is 5.51. The first-order valence-electron chi connectivity index (χ1n) is 5.81. The molecule has 1 saturated heterocycles. The van der Waals surface area contributed by atoms with E-state index in [1.165, 1.54) is 0 Å². The van der Waals surface area contributed by atoms with Gasteiger partial charge < -0.3 is 15.7 Å². The van der Waals surface area contributed by atoms with Crippen LogP contribution in [-0.2, 0) is 4.79 Å². The molecule has 1 amide bonds. The first kappa shape index (κ1) is 15.2. The maximum Gasteiger partial charge on any atom is 0.404 e. The minimum atomic E-state index is -4.57. The van der Waals surface area contributed by atoms with Crippen LogP contribution in [0.25, 0.3) is 0 Å². The van der Waals surface area contributed by atoms with E-state index in [0.717, 1.165) is 0 Å². The lowest BCUT2D eigenvalue weighted by molar-refractivity contribution is -0.216. The van der Waals surface area contributed by atoms with Crippen molar-refractivity contribution in [2.24, 2.45) is 10.8 Å². The third-order valence-corrected chi connectivity index (χ3v) is 3.29. The Morgan fingerprint density at radius 3 is 2.44 bits per heavy atom. The quantitative estimate of drug-likeness (QED) is 0.702. The Bertz CT molecular complexity index is 310. The summed E-state index contributed by atoms with van der Waals surface area (Å²) in [6, 6.07) is 0. The molecule has 1 heterocycles. The standard InChI is InChI=1S/C11H19F3N2O2/c1-9(2,7-17)5-16-8(18)10(11(12,13)14)3-4-15-6-10/h15,17H,3-7H2,1-2H3,(H,16,18). The van der Waals surface area contributed by atoms with Gasteiger partial charge in [0.1, 0.15) is 0 Å². The highest BCUT2D eigenvalue weighted by Crippen LogP contribution is 2.43. The number of carbonyl (C=O) groups is 1. The molecule has 3 N–H and O–H groups in total. The van der Waals surface area contributed by atoms with Crippen molar-refractivity contribution in [2.45, 2.75) is 26.4 Å². The minimum absolute atomic E-state index is 0.0141. The van der Waals surface area contributed by atoms with Crippen LogP contribution in [0.15, 0.2) is 0 Å². The number of rotatable bonds is 4. The summed E-state index contributed by atoms with van der Waals surface area (Å²) in [6.07, 6.45) is -4.81. The second kappa shape index (κ2) is 5.05. The van der Waals surface area contributed by atoms with Gasteiger partial charge in [-0.1, -0.05) is 13.8 Å². The van der Waals surface area contributed by atoms with E-state index >= 15 is 0 Å². The van der Waals surface area contributed by atoms with Gasteiger partial charge in [0, 0.05) is 25.1 Å². The van der Waals surface area contributed by atoms with E-state index in [4.69, 9.17) is 5.11 Å². The lowest BCUT2D eigenvalue weighted by Crippen LogP contribution is -2.53. The Kier molecular flexibility index (Phi) is 4.27. The van der Waals surface area contributed by atoms with E-state index in [9.17, 15) is 18.0 Å². The van der Waals surface area contributed by atoms with Gasteiger partial charge in [0.15, 0.2) is 5.41 Å². The molecule has 1 aliphatic heterocycles. The summed E-state index contributed by atoms with van der Waals surface area (Å²) in [7, 11) is 0. The Labute approximate surface area is 104 Å². The fourth-order valence-corrected chi connectivity index (χ4v) is 1.80. The van der Waals surface area contributed by atoms with Gasteiger partial charge in [-0.3, -0.25) is 4.79 Å². The van der Waals surface area contributed by atoms with E-state index in [0.29, 0.717) is 0 Å². The molecule has 0 aliphatic carbocycles. The Morgan fingerprint density at radius 1 is 1.44 bits per heavy atom. The van der Waals surface area contributed by atoms with Crippen molar-refractivity contribution in [3.63, 3.8) is 0 Å². The zero-order chi connectivity index (χ0) is 14.0. The molecule has 1 fully saturated rings. The molecule has 1 atom stereocenters. The number of halogens is 3. The highest BCUT2D eigenvalue weighted by molar-refractivity contribution is 5.84. The number of amides is 1. The second-order valence-electron chi connectivity index (χ2n) is 5.51. The van der Waals surface area contributed by atoms with Crippen molar-refractivity contribution in [1.82, 2.24) is 10.6 Å². The SMILES string of the molecule is CC(C)(CO)CNC(=O)C1(C(F)(F)F)CCNC1. The summed E-state index contributed by atoms with van der Waals surface area (Å²) >= 11 is 0. The Morgan fingerprint density at radius 2 is 2.06 bits per heavy atom. The van der Waals surface area contributed by atoms with Gasteiger partial charge in [-0.15, -0.1) is 0 Å². The molecule has 1 aliphatic rings. The van der Waals surface area contributed by atoms with Crippen molar-refractivity contribution in [3.05, 3.63) is 0 Å². The molecule has 0 aromatic rings. The minimum Gasteiger partial charge on any atom is -0.396 e. The summed E-state index contributed by atoms with van der Waals surface area (Å²) in [6.45, 7) is 2.93. The summed E-state index contributed by atoms with van der Waals surface area (Å²) in [5, 5.41) is 13.9. The average Bonchev–Trinajstić information content (AvgIpc) is 2.75. The molecule has 0 aromatic carbocycles. The van der Waals surface area contributed by atoms with Crippen LogP contribution < -0.4 is 10.6 Å². The van der Waals surface area contributed by atoms with Crippen LogP contribution in [0.4, 0.5) is 13.2 Å². The molecule has 0 spiro atoms. The van der Waals surface area contributed by atoms with Crippen LogP contribution in [0.1, 0.15) is 20.3 Å². The van der Waals surface area contributed by atoms with E-state index in [1.54, 1.807) is 13.8 Å². The maximum absolute atomic E-state index is 13.0. The topological polar surface area (TPSA) is 61.4 Å². The zero-order valence-corrected chi connectivity index (χ0v) is 10.5. The van der Waals surface area contributed by atoms with Crippen molar-refractivity contribution < 1.29 is 23.1 Å². The van der Waals surface area contributed by atoms with Gasteiger partial charge in [-0.25, -0.2) is 0 Å². The van der Waals surface area contributed by atoms with Gasteiger partial charge in [-0.2, -0.15) is 13.2 Å². The van der Waals surface area contributed by atoms with Crippen LogP contribution in [0, 0.1) is 10.8 Å². The fraction of sp³-hybridized carbons (Fsp3) is 0.909. The lowest BCUT2D eigenvalue weighted by Gasteiger charge is -2.31. The Hall–Kier alpha value is -0.820. The lowest BCUT2D eigenvalue weighted by atomic mass is 9.84. The maximum atomic E-state index is 13.0. The Balaban J connectivity index is 2.74. The summed E-state index contributed by atoms with van der Waals surface area (Å²) < 4.78 is 39.1. The molecule has 0 bridgehead atoms. The molecule has 1 rings (SSSR count). The first-order valence-corrected chi connectivity index (χ1v) is 5.81. The molecule has 0 saturated carbocycles. The largest absolute Gasteiger partial charge is 0.404 e. The van der Waals surface area contributed by atoms with Crippen LogP contribution >= 0.6 is 0 Å². The average molecular weight is 268 g/mol. The van der Waals surface area contributed by atoms with Crippen LogP contribution in [0.5, 0.6) is 0 Å². The predicted octanol–water partition coefficient (Wildman–Crippen LogP) is 0.663. The van der Waals surface area contributed by atoms with Gasteiger partial charge in [-0.05, 0) is 13.0 Å². The first-order chi connectivity index (χ1) is 8.15. The highest BCUT2D eigenvalue weighted by atomic mass is 19.4. The number of hydrogen-bond donors (Lipinski definition) is 3. The monoisotopic (exact) mass is 268 g/mol. The molecule has 106 valence electrons. The smallest absolute Gasteiger partial charge is 0.396 e. The van der Waals surface area contributed by atoms with E-state index in [2.05, 4.69) is 10.6 Å². The number of aliphatic hydroxyl groups is 1. The van der Waals surface area contributed by atoms with E-state index in [1.807, 2.05) is 0 Å². The molecule has 7 heteroatoms. The molecular formula is C11H19F3N2O2. The molecule has 0 radical (unpaired) electrons. The molecular weight excluding hydrogens is 249 g/mol. The normalized spacial score (nSPS) is 25.2. The van der Waals surface area contributed by atoms with E-state index < -0.39 is 22.9 Å². The van der Waals surface area contributed by atoms with Crippen LogP contribution in [-0.4, -0.2) is 43.4 Å². The van der Waals surface area contributed by atoms with Crippen LogP contribution in [0.3, 0.4) is 0 Å². The van der Waals surface area contributed by atoms with Crippen molar-refractivity contribution >= 4 is 5.91 Å². The van der Waals surface area contributed by atoms with Crippen molar-refractivity contribution in [3.8, 4) is 0 Å². The van der Waals surface area contributed by atoms with Crippen molar-refractivity contribution in [2.75, 3.05) is 26.2 Å². The summed E-state index contributed by atoms with van der Waals surface area (Å²) in [5.74, 6) is -1.01. The molecule has 0 aromatic heterocycles. The van der Waals surface area contributed by atoms with Gasteiger partial charge >= 0.3 is 6.18 Å². The molecule has 18 heavy (non-hydrogen) atoms.